The fourth-order valence-corrected chi connectivity index (χ4v) is 3.57. The Balaban J connectivity index is 1.68. The Labute approximate surface area is 131 Å². The molecule has 5 heteroatoms. The minimum absolute atomic E-state index is 0.0243. The molecule has 2 atom stereocenters. The van der Waals surface area contributed by atoms with E-state index in [-0.39, 0.29) is 6.04 Å². The Morgan fingerprint density at radius 3 is 2.71 bits per heavy atom. The lowest BCUT2D eigenvalue weighted by molar-refractivity contribution is 0.0209. The van der Waals surface area contributed by atoms with E-state index in [1.807, 2.05) is 13.0 Å². The van der Waals surface area contributed by atoms with Crippen molar-refractivity contribution in [3.63, 3.8) is 0 Å². The zero-order valence-corrected chi connectivity index (χ0v) is 13.4. The van der Waals surface area contributed by atoms with Gasteiger partial charge in [0.25, 0.3) is 0 Å². The molecule has 0 saturated carbocycles. The zero-order chi connectivity index (χ0) is 14.8. The smallest absolute Gasteiger partial charge is 0.0642 e. The molecule has 2 aliphatic rings. The highest BCUT2D eigenvalue weighted by atomic mass is 35.5. The third-order valence-electron chi connectivity index (χ3n) is 4.56. The van der Waals surface area contributed by atoms with Crippen LogP contribution in [0.25, 0.3) is 0 Å². The highest BCUT2D eigenvalue weighted by molar-refractivity contribution is 6.33. The third kappa shape index (κ3) is 3.34. The van der Waals surface area contributed by atoms with Crippen molar-refractivity contribution in [2.24, 2.45) is 5.73 Å². The predicted molar refractivity (Wildman–Crippen MR) is 87.1 cm³/mol. The molecule has 0 aliphatic carbocycles. The van der Waals surface area contributed by atoms with E-state index in [0.29, 0.717) is 6.04 Å². The van der Waals surface area contributed by atoms with Crippen LogP contribution in [0.3, 0.4) is 0 Å². The number of hydrogen-bond acceptors (Lipinski definition) is 4. The molecule has 0 spiro atoms. The van der Waals surface area contributed by atoms with Gasteiger partial charge in [-0.05, 0) is 31.0 Å². The molecule has 0 amide bonds. The Kier molecular flexibility index (Phi) is 4.69. The summed E-state index contributed by atoms with van der Waals surface area (Å²) in [6.45, 7) is 7.93. The SMILES string of the molecule is C[C@H](N)c1ccc(N2CCC(N3CCOCC3)C2)c(Cl)c1. The van der Waals surface area contributed by atoms with Crippen LogP contribution in [0.1, 0.15) is 24.9 Å². The fourth-order valence-electron chi connectivity index (χ4n) is 3.26. The van der Waals surface area contributed by atoms with Crippen molar-refractivity contribution >= 4 is 17.3 Å². The number of hydrogen-bond donors (Lipinski definition) is 1. The molecular formula is C16H24ClN3O. The van der Waals surface area contributed by atoms with Gasteiger partial charge in [0.2, 0.25) is 0 Å². The molecule has 116 valence electrons. The molecule has 2 N–H and O–H groups in total. The Morgan fingerprint density at radius 1 is 1.29 bits per heavy atom. The van der Waals surface area contributed by atoms with Crippen molar-refractivity contribution in [3.8, 4) is 0 Å². The van der Waals surface area contributed by atoms with E-state index >= 15 is 0 Å². The number of halogens is 1. The standard InChI is InChI=1S/C16H24ClN3O/c1-12(18)13-2-3-16(15(17)10-13)20-5-4-14(11-20)19-6-8-21-9-7-19/h2-3,10,12,14H,4-9,11,18H2,1H3/t12-,14?/m0/s1. The van der Waals surface area contributed by atoms with Gasteiger partial charge < -0.3 is 15.4 Å². The zero-order valence-electron chi connectivity index (χ0n) is 12.6. The van der Waals surface area contributed by atoms with Gasteiger partial charge in [0, 0.05) is 38.3 Å². The first-order valence-electron chi connectivity index (χ1n) is 7.77. The maximum absolute atomic E-state index is 6.46. The highest BCUT2D eigenvalue weighted by Crippen LogP contribution is 2.32. The summed E-state index contributed by atoms with van der Waals surface area (Å²) >= 11 is 6.46. The lowest BCUT2D eigenvalue weighted by atomic mass is 10.1. The van der Waals surface area contributed by atoms with Gasteiger partial charge in [-0.15, -0.1) is 0 Å². The molecule has 1 aromatic carbocycles. The van der Waals surface area contributed by atoms with Crippen LogP contribution >= 0.6 is 11.6 Å². The Hall–Kier alpha value is -0.810. The summed E-state index contributed by atoms with van der Waals surface area (Å²) in [6, 6.07) is 6.86. The van der Waals surface area contributed by atoms with E-state index < -0.39 is 0 Å². The first kappa shape index (κ1) is 15.1. The molecule has 0 radical (unpaired) electrons. The van der Waals surface area contributed by atoms with Crippen molar-refractivity contribution in [3.05, 3.63) is 28.8 Å². The van der Waals surface area contributed by atoms with E-state index in [1.165, 1.54) is 6.42 Å². The fraction of sp³-hybridized carbons (Fsp3) is 0.625. The molecule has 3 rings (SSSR count). The molecule has 4 nitrogen and oxygen atoms in total. The van der Waals surface area contributed by atoms with Gasteiger partial charge in [0.15, 0.2) is 0 Å². The van der Waals surface area contributed by atoms with Crippen LogP contribution in [0, 0.1) is 0 Å². The summed E-state index contributed by atoms with van der Waals surface area (Å²) in [5, 5.41) is 0.812. The number of morpholine rings is 1. The van der Waals surface area contributed by atoms with Crippen LogP contribution in [0.4, 0.5) is 5.69 Å². The minimum Gasteiger partial charge on any atom is -0.379 e. The summed E-state index contributed by atoms with van der Waals surface area (Å²) in [5.74, 6) is 0. The van der Waals surface area contributed by atoms with Gasteiger partial charge in [0.05, 0.1) is 23.9 Å². The van der Waals surface area contributed by atoms with Gasteiger partial charge in [0.1, 0.15) is 0 Å². The van der Waals surface area contributed by atoms with Gasteiger partial charge in [-0.2, -0.15) is 0 Å². The van der Waals surface area contributed by atoms with Crippen LogP contribution < -0.4 is 10.6 Å². The van der Waals surface area contributed by atoms with E-state index in [2.05, 4.69) is 21.9 Å². The van der Waals surface area contributed by atoms with E-state index in [0.717, 1.165) is 55.7 Å². The molecule has 2 saturated heterocycles. The number of nitrogens with zero attached hydrogens (tertiary/aromatic N) is 2. The van der Waals surface area contributed by atoms with Crippen LogP contribution in [0.15, 0.2) is 18.2 Å². The molecule has 1 aromatic rings. The Bertz CT molecular complexity index is 488. The van der Waals surface area contributed by atoms with Crippen LogP contribution in [-0.2, 0) is 4.74 Å². The van der Waals surface area contributed by atoms with Gasteiger partial charge in [-0.3, -0.25) is 4.90 Å². The van der Waals surface area contributed by atoms with E-state index in [4.69, 9.17) is 22.1 Å². The first-order valence-corrected chi connectivity index (χ1v) is 8.14. The molecule has 2 aliphatic heterocycles. The summed E-state index contributed by atoms with van der Waals surface area (Å²) in [4.78, 5) is 4.95. The lowest BCUT2D eigenvalue weighted by Crippen LogP contribution is -2.44. The van der Waals surface area contributed by atoms with Crippen molar-refractivity contribution in [2.45, 2.75) is 25.4 Å². The monoisotopic (exact) mass is 309 g/mol. The molecular weight excluding hydrogens is 286 g/mol. The molecule has 0 bridgehead atoms. The van der Waals surface area contributed by atoms with E-state index in [9.17, 15) is 0 Å². The minimum atomic E-state index is 0.0243. The second-order valence-corrected chi connectivity index (χ2v) is 6.44. The molecule has 1 unspecified atom stereocenters. The number of anilines is 1. The largest absolute Gasteiger partial charge is 0.379 e. The lowest BCUT2D eigenvalue weighted by Gasteiger charge is -2.32. The van der Waals surface area contributed by atoms with Crippen LogP contribution in [0.2, 0.25) is 5.02 Å². The molecule has 21 heavy (non-hydrogen) atoms. The summed E-state index contributed by atoms with van der Waals surface area (Å²) in [7, 11) is 0. The predicted octanol–water partition coefficient (Wildman–Crippen LogP) is 2.27. The summed E-state index contributed by atoms with van der Waals surface area (Å²) < 4.78 is 5.44. The van der Waals surface area contributed by atoms with E-state index in [1.54, 1.807) is 0 Å². The maximum atomic E-state index is 6.46. The van der Waals surface area contributed by atoms with Crippen LogP contribution in [-0.4, -0.2) is 50.3 Å². The van der Waals surface area contributed by atoms with Crippen molar-refractivity contribution < 1.29 is 4.74 Å². The highest BCUT2D eigenvalue weighted by Gasteiger charge is 2.29. The number of benzene rings is 1. The quantitative estimate of drug-likeness (QED) is 0.930. The summed E-state index contributed by atoms with van der Waals surface area (Å²) in [6.07, 6.45) is 1.20. The second-order valence-electron chi connectivity index (χ2n) is 6.04. The topological polar surface area (TPSA) is 41.7 Å². The van der Waals surface area contributed by atoms with Crippen molar-refractivity contribution in [1.82, 2.24) is 4.90 Å². The summed E-state index contributed by atoms with van der Waals surface area (Å²) in [5.41, 5.74) is 8.14. The second kappa shape index (κ2) is 6.53. The molecule has 0 aromatic heterocycles. The van der Waals surface area contributed by atoms with Crippen molar-refractivity contribution in [1.29, 1.82) is 0 Å². The van der Waals surface area contributed by atoms with Gasteiger partial charge >= 0.3 is 0 Å². The average molecular weight is 310 g/mol. The van der Waals surface area contributed by atoms with Gasteiger partial charge in [-0.25, -0.2) is 0 Å². The molecule has 2 fully saturated rings. The van der Waals surface area contributed by atoms with Crippen molar-refractivity contribution in [2.75, 3.05) is 44.3 Å². The van der Waals surface area contributed by atoms with Gasteiger partial charge in [-0.1, -0.05) is 17.7 Å². The number of ether oxygens (including phenoxy) is 1. The first-order chi connectivity index (χ1) is 10.1. The number of nitrogens with two attached hydrogens (primary N) is 1. The van der Waals surface area contributed by atoms with Crippen LogP contribution in [0.5, 0.6) is 0 Å². The number of rotatable bonds is 3. The Morgan fingerprint density at radius 2 is 2.05 bits per heavy atom. The third-order valence-corrected chi connectivity index (χ3v) is 4.87. The maximum Gasteiger partial charge on any atom is 0.0642 e. The normalized spacial score (nSPS) is 25.3. The average Bonchev–Trinajstić information content (AvgIpc) is 2.97. The molecule has 2 heterocycles.